The third kappa shape index (κ3) is 9.01. The number of allylic oxidation sites excluding steroid dienone is 1. The second kappa shape index (κ2) is 15.7. The Morgan fingerprint density at radius 3 is 2.45 bits per heavy atom. The summed E-state index contributed by atoms with van der Waals surface area (Å²) in [6, 6.07) is 12.8. The molecule has 2 atom stereocenters. The fraction of sp³-hybridized carbons (Fsp3) is 0.395. The van der Waals surface area contributed by atoms with Crippen LogP contribution in [0.1, 0.15) is 61.4 Å². The van der Waals surface area contributed by atoms with Crippen LogP contribution in [-0.4, -0.2) is 83.1 Å². The zero-order valence-electron chi connectivity index (χ0n) is 28.5. The Bertz CT molecular complexity index is 1880. The van der Waals surface area contributed by atoms with Crippen molar-refractivity contribution < 1.29 is 36.2 Å². The first-order valence-electron chi connectivity index (χ1n) is 17.0. The van der Waals surface area contributed by atoms with Gasteiger partial charge in [-0.05, 0) is 91.3 Å². The maximum Gasteiger partial charge on any atom is 0.393 e. The first kappa shape index (κ1) is 36.2. The zero-order valence-corrected chi connectivity index (χ0v) is 28.5. The number of hydrogen-bond donors (Lipinski definition) is 0. The van der Waals surface area contributed by atoms with Crippen LogP contribution in [0.25, 0.3) is 22.0 Å². The molecule has 0 aliphatic carbocycles. The predicted molar refractivity (Wildman–Crippen MR) is 184 cm³/mol. The minimum atomic E-state index is -4.62. The molecule has 2 fully saturated rings. The Balaban J connectivity index is 1.34. The molecule has 2 aliphatic rings. The Morgan fingerprint density at radius 1 is 1.00 bits per heavy atom. The number of halogens is 5. The molecule has 2 aromatic heterocycles. The van der Waals surface area contributed by atoms with Gasteiger partial charge in [0.2, 0.25) is 17.7 Å². The van der Waals surface area contributed by atoms with E-state index in [0.29, 0.717) is 48.6 Å². The van der Waals surface area contributed by atoms with Crippen molar-refractivity contribution in [1.29, 1.82) is 0 Å². The van der Waals surface area contributed by atoms with Crippen LogP contribution in [0, 0.1) is 11.8 Å². The van der Waals surface area contributed by atoms with Gasteiger partial charge in [0.1, 0.15) is 11.9 Å². The summed E-state index contributed by atoms with van der Waals surface area (Å²) in [5.41, 5.74) is 1.33. The molecule has 6 rings (SSSR count). The molecule has 0 saturated carbocycles. The van der Waals surface area contributed by atoms with Crippen LogP contribution in [0.3, 0.4) is 0 Å². The van der Waals surface area contributed by atoms with E-state index in [1.165, 1.54) is 40.1 Å². The number of likely N-dealkylation sites (tertiary alicyclic amines) is 1. The second-order valence-electron chi connectivity index (χ2n) is 13.1. The quantitative estimate of drug-likeness (QED) is 0.0951. The number of ether oxygens (including phenoxy) is 2. The molecule has 2 aliphatic heterocycles. The average Bonchev–Trinajstić information content (AvgIpc) is 3.44. The van der Waals surface area contributed by atoms with Crippen LogP contribution < -0.4 is 4.74 Å². The summed E-state index contributed by atoms with van der Waals surface area (Å²) in [6.45, 7) is 2.58. The number of likely N-dealkylation sites (N-methyl/N-ethyl adjacent to an activating group) is 1. The average molecular weight is 710 g/mol. The van der Waals surface area contributed by atoms with Crippen LogP contribution in [0.5, 0.6) is 5.88 Å². The molecule has 2 aromatic carbocycles. The number of pyridine rings is 1. The summed E-state index contributed by atoms with van der Waals surface area (Å²) in [5.74, 6) is -1.14. The van der Waals surface area contributed by atoms with E-state index in [4.69, 9.17) is 9.47 Å². The number of piperidine rings is 1. The summed E-state index contributed by atoms with van der Waals surface area (Å²) in [6.07, 6.45) is 2.38. The summed E-state index contributed by atoms with van der Waals surface area (Å²) in [7, 11) is 3.38. The fourth-order valence-corrected chi connectivity index (χ4v) is 6.59. The lowest BCUT2D eigenvalue weighted by Crippen LogP contribution is -2.41. The molecule has 4 aromatic rings. The van der Waals surface area contributed by atoms with E-state index in [0.717, 1.165) is 44.4 Å². The number of hydrogen-bond acceptors (Lipinski definition) is 6. The zero-order chi connectivity index (χ0) is 36.1. The summed E-state index contributed by atoms with van der Waals surface area (Å²) < 4.78 is 85.6. The maximum atomic E-state index is 15.4. The van der Waals surface area contributed by atoms with Crippen LogP contribution >= 0.6 is 0 Å². The predicted octanol–water partition coefficient (Wildman–Crippen LogP) is 7.81. The number of fused-ring (bicyclic) bond motifs is 1. The molecule has 1 unspecified atom stereocenters. The summed E-state index contributed by atoms with van der Waals surface area (Å²) in [4.78, 5) is 20.0. The van der Waals surface area contributed by atoms with E-state index in [2.05, 4.69) is 15.0 Å². The highest BCUT2D eigenvalue weighted by atomic mass is 19.4. The van der Waals surface area contributed by atoms with Crippen molar-refractivity contribution in [1.82, 2.24) is 24.6 Å². The molecule has 2 saturated heterocycles. The highest BCUT2D eigenvalue weighted by Gasteiger charge is 2.32. The van der Waals surface area contributed by atoms with Gasteiger partial charge in [0.15, 0.2) is 6.23 Å². The molecule has 0 N–H and O–H groups in total. The number of alkyl halides is 3. The summed E-state index contributed by atoms with van der Waals surface area (Å²) in [5, 5.41) is 4.24. The van der Waals surface area contributed by atoms with E-state index in [1.807, 2.05) is 6.08 Å². The molecule has 270 valence electrons. The van der Waals surface area contributed by atoms with Crippen molar-refractivity contribution in [2.75, 3.05) is 40.3 Å². The van der Waals surface area contributed by atoms with Crippen LogP contribution in [0.15, 0.2) is 72.9 Å². The number of carbonyl (C=O) groups is 1. The largest absolute Gasteiger partial charge is 0.473 e. The highest BCUT2D eigenvalue weighted by molar-refractivity contribution is 6.00. The molecule has 8 nitrogen and oxygen atoms in total. The number of nitrogens with zero attached hydrogens (tertiary/aromatic N) is 5. The van der Waals surface area contributed by atoms with E-state index in [-0.39, 0.29) is 34.1 Å². The molecular formula is C38H40F5N5O3. The summed E-state index contributed by atoms with van der Waals surface area (Å²) >= 11 is 0. The number of benzene rings is 2. The smallest absolute Gasteiger partial charge is 0.393 e. The minimum absolute atomic E-state index is 0.0930. The Kier molecular flexibility index (Phi) is 11.2. The normalized spacial score (nSPS) is 19.4. The highest BCUT2D eigenvalue weighted by Crippen LogP contribution is 2.41. The fourth-order valence-electron chi connectivity index (χ4n) is 6.59. The van der Waals surface area contributed by atoms with Gasteiger partial charge in [0.25, 0.3) is 0 Å². The maximum absolute atomic E-state index is 15.4. The molecular weight excluding hydrogens is 669 g/mol. The molecule has 13 heteroatoms. The van der Waals surface area contributed by atoms with Gasteiger partial charge in [0.05, 0.1) is 17.3 Å². The first-order valence-corrected chi connectivity index (χ1v) is 17.0. The van der Waals surface area contributed by atoms with Crippen molar-refractivity contribution in [2.24, 2.45) is 0 Å². The van der Waals surface area contributed by atoms with Crippen molar-refractivity contribution in [3.05, 3.63) is 101 Å². The van der Waals surface area contributed by atoms with Gasteiger partial charge < -0.3 is 14.4 Å². The Morgan fingerprint density at radius 2 is 1.76 bits per heavy atom. The van der Waals surface area contributed by atoms with Crippen molar-refractivity contribution in [3.8, 4) is 5.88 Å². The number of rotatable bonds is 10. The van der Waals surface area contributed by atoms with Gasteiger partial charge in [-0.25, -0.2) is 14.1 Å². The topological polar surface area (TPSA) is 72.7 Å². The first-order chi connectivity index (χ1) is 24.4. The van der Waals surface area contributed by atoms with Crippen molar-refractivity contribution in [2.45, 2.75) is 57.0 Å². The van der Waals surface area contributed by atoms with Gasteiger partial charge in [-0.15, -0.1) is 5.10 Å². The third-order valence-electron chi connectivity index (χ3n) is 9.09. The molecule has 0 spiro atoms. The van der Waals surface area contributed by atoms with Crippen molar-refractivity contribution in [3.63, 3.8) is 0 Å². The lowest BCUT2D eigenvalue weighted by atomic mass is 9.88. The number of aromatic nitrogens is 3. The van der Waals surface area contributed by atoms with Gasteiger partial charge in [-0.1, -0.05) is 24.3 Å². The van der Waals surface area contributed by atoms with E-state index >= 15 is 4.39 Å². The van der Waals surface area contributed by atoms with E-state index in [9.17, 15) is 22.4 Å². The minimum Gasteiger partial charge on any atom is -0.473 e. The van der Waals surface area contributed by atoms with E-state index in [1.54, 1.807) is 38.4 Å². The molecule has 1 amide bonds. The van der Waals surface area contributed by atoms with Gasteiger partial charge in [-0.2, -0.15) is 17.6 Å². The SMILES string of the molecule is CN(C)C(=O)C=CCN1CCC[C@@H](Oc2ccc(/C(=C(/CC(F)(F)F)c3ccc(F)cc3)c3ccc4c(c3)c(F)nn4C3CCCCO3)cn2)C1. The molecule has 4 heterocycles. The van der Waals surface area contributed by atoms with Gasteiger partial charge in [-0.3, -0.25) is 9.69 Å². The molecule has 0 bridgehead atoms. The van der Waals surface area contributed by atoms with Crippen LogP contribution in [0.2, 0.25) is 0 Å². The van der Waals surface area contributed by atoms with Crippen LogP contribution in [-0.2, 0) is 9.53 Å². The second-order valence-corrected chi connectivity index (χ2v) is 13.1. The molecule has 0 radical (unpaired) electrons. The third-order valence-corrected chi connectivity index (χ3v) is 9.09. The number of carbonyl (C=O) groups excluding carboxylic acids is 1. The van der Waals surface area contributed by atoms with Crippen molar-refractivity contribution >= 4 is 28.0 Å². The Hall–Kier alpha value is -4.62. The van der Waals surface area contributed by atoms with Crippen LogP contribution in [0.4, 0.5) is 22.0 Å². The standard InChI is InChI=1S/C38H40F5N5O3/c1-46(2)34(49)8-6-19-47-18-5-7-29(24-47)51-33-17-13-27(23-44-33)36(31(22-38(41,42)43)25-10-14-28(39)15-11-25)26-12-16-32-30(21-26)37(40)45-48(32)35-9-3-4-20-50-35/h6,8,10-17,21,23,29,35H,3-5,7,9,18-20,22,24H2,1-2H3/b8-6?,36-31-/t29-,35?/m1/s1. The Labute approximate surface area is 293 Å². The van der Waals surface area contributed by atoms with Gasteiger partial charge >= 0.3 is 6.18 Å². The number of amides is 1. The van der Waals surface area contributed by atoms with E-state index < -0.39 is 30.6 Å². The molecule has 51 heavy (non-hydrogen) atoms. The van der Waals surface area contributed by atoms with Gasteiger partial charge in [0, 0.05) is 57.7 Å². The monoisotopic (exact) mass is 709 g/mol. The lowest BCUT2D eigenvalue weighted by molar-refractivity contribution is -0.124. The lowest BCUT2D eigenvalue weighted by Gasteiger charge is -2.31.